The van der Waals surface area contributed by atoms with Crippen LogP contribution in [0, 0.1) is 0 Å². The third-order valence-corrected chi connectivity index (χ3v) is 4.91. The summed E-state index contributed by atoms with van der Waals surface area (Å²) in [5.41, 5.74) is 4.42. The standard InChI is InChI=1S/C22H29N3O3.C3H8.C2H6/c1-3-23-12-16-4-6-17(7-5-16)15-28-20-9-8-18-10-19(14-26)24-22(27)13-25(2)21(18)11-20;1-3-2;1-2/h4-9,11,19,23,26H,3,10,12-15H2,1-2H3,(H,24,27);3H2,1-2H3;1-2H3. The Morgan fingerprint density at radius 3 is 2.33 bits per heavy atom. The van der Waals surface area contributed by atoms with E-state index in [1.165, 1.54) is 12.0 Å². The Kier molecular flexibility index (Phi) is 13.9. The Hall–Kier alpha value is -2.57. The second-order valence-electron chi connectivity index (χ2n) is 7.89. The van der Waals surface area contributed by atoms with Crippen LogP contribution in [0.5, 0.6) is 5.75 Å². The van der Waals surface area contributed by atoms with E-state index in [1.807, 2.05) is 44.0 Å². The summed E-state index contributed by atoms with van der Waals surface area (Å²) >= 11 is 0. The molecule has 1 atom stereocenters. The van der Waals surface area contributed by atoms with Crippen molar-refractivity contribution in [3.63, 3.8) is 0 Å². The van der Waals surface area contributed by atoms with E-state index in [9.17, 15) is 9.90 Å². The maximum atomic E-state index is 12.0. The van der Waals surface area contributed by atoms with Gasteiger partial charge in [0.05, 0.1) is 19.2 Å². The van der Waals surface area contributed by atoms with Crippen LogP contribution in [0.25, 0.3) is 0 Å². The lowest BCUT2D eigenvalue weighted by atomic mass is 10.0. The lowest BCUT2D eigenvalue weighted by Crippen LogP contribution is -2.46. The van der Waals surface area contributed by atoms with Gasteiger partial charge in [0.2, 0.25) is 5.91 Å². The van der Waals surface area contributed by atoms with Crippen molar-refractivity contribution < 1.29 is 14.6 Å². The molecule has 1 aliphatic rings. The van der Waals surface area contributed by atoms with Crippen LogP contribution in [0.2, 0.25) is 0 Å². The molecule has 6 heteroatoms. The smallest absolute Gasteiger partial charge is 0.239 e. The van der Waals surface area contributed by atoms with Crippen LogP contribution in [0.1, 0.15) is 57.7 Å². The van der Waals surface area contributed by atoms with Gasteiger partial charge in [-0.3, -0.25) is 4.79 Å². The van der Waals surface area contributed by atoms with Crippen LogP contribution in [0.3, 0.4) is 0 Å². The van der Waals surface area contributed by atoms with Crippen LogP contribution in [-0.4, -0.2) is 43.8 Å². The largest absolute Gasteiger partial charge is 0.489 e. The number of hydrogen-bond acceptors (Lipinski definition) is 5. The Morgan fingerprint density at radius 1 is 1.09 bits per heavy atom. The minimum absolute atomic E-state index is 0.0725. The monoisotopic (exact) mass is 457 g/mol. The van der Waals surface area contributed by atoms with Crippen molar-refractivity contribution in [2.75, 3.05) is 31.6 Å². The predicted octanol–water partition coefficient (Wildman–Crippen LogP) is 4.29. The van der Waals surface area contributed by atoms with Gasteiger partial charge in [-0.05, 0) is 35.7 Å². The number of likely N-dealkylation sites (N-methyl/N-ethyl adjacent to an activating group) is 1. The quantitative estimate of drug-likeness (QED) is 0.579. The van der Waals surface area contributed by atoms with Crippen LogP contribution < -0.4 is 20.3 Å². The molecule has 1 unspecified atom stereocenters. The minimum Gasteiger partial charge on any atom is -0.489 e. The van der Waals surface area contributed by atoms with Gasteiger partial charge in [-0.2, -0.15) is 0 Å². The molecule has 184 valence electrons. The highest BCUT2D eigenvalue weighted by atomic mass is 16.5. The SMILES string of the molecule is CC.CCC.CCNCc1ccc(COc2ccc3c(c2)N(C)CC(=O)NC(CO)C3)cc1. The van der Waals surface area contributed by atoms with Gasteiger partial charge in [-0.25, -0.2) is 0 Å². The summed E-state index contributed by atoms with van der Waals surface area (Å²) in [7, 11) is 1.89. The zero-order valence-corrected chi connectivity index (χ0v) is 21.3. The Morgan fingerprint density at radius 2 is 1.73 bits per heavy atom. The number of rotatable bonds is 7. The summed E-state index contributed by atoms with van der Waals surface area (Å²) in [5.74, 6) is 0.681. The highest BCUT2D eigenvalue weighted by Gasteiger charge is 2.21. The molecule has 0 bridgehead atoms. The lowest BCUT2D eigenvalue weighted by molar-refractivity contribution is -0.120. The third kappa shape index (κ3) is 9.84. The number of aliphatic hydroxyl groups excluding tert-OH is 1. The first-order valence-corrected chi connectivity index (χ1v) is 12.2. The van der Waals surface area contributed by atoms with Crippen molar-refractivity contribution in [2.45, 2.75) is 66.7 Å². The number of anilines is 1. The molecule has 1 aliphatic heterocycles. The molecule has 0 aliphatic carbocycles. The number of nitrogens with one attached hydrogen (secondary N) is 2. The van der Waals surface area contributed by atoms with E-state index < -0.39 is 0 Å². The molecule has 2 aromatic rings. The van der Waals surface area contributed by atoms with E-state index in [4.69, 9.17) is 4.74 Å². The van der Waals surface area contributed by atoms with Crippen molar-refractivity contribution >= 4 is 11.6 Å². The van der Waals surface area contributed by atoms with Gasteiger partial charge < -0.3 is 25.4 Å². The molecule has 6 nitrogen and oxygen atoms in total. The maximum Gasteiger partial charge on any atom is 0.239 e. The van der Waals surface area contributed by atoms with Crippen LogP contribution >= 0.6 is 0 Å². The fraction of sp³-hybridized carbons (Fsp3) is 0.519. The fourth-order valence-corrected chi connectivity index (χ4v) is 3.35. The Balaban J connectivity index is 0.00000101. The summed E-state index contributed by atoms with van der Waals surface area (Å²) in [6.07, 6.45) is 1.84. The van der Waals surface area contributed by atoms with Crippen LogP contribution in [0.4, 0.5) is 5.69 Å². The van der Waals surface area contributed by atoms with Gasteiger partial charge in [0.15, 0.2) is 0 Å². The first-order valence-electron chi connectivity index (χ1n) is 12.2. The third-order valence-electron chi connectivity index (χ3n) is 4.91. The van der Waals surface area contributed by atoms with Crippen molar-refractivity contribution in [3.05, 3.63) is 59.2 Å². The number of nitrogens with zero attached hydrogens (tertiary/aromatic N) is 1. The van der Waals surface area contributed by atoms with Crippen molar-refractivity contribution in [3.8, 4) is 5.75 Å². The summed E-state index contributed by atoms with van der Waals surface area (Å²) in [6.45, 7) is 12.8. The second kappa shape index (κ2) is 16.1. The number of amides is 1. The first-order chi connectivity index (χ1) is 16.0. The van der Waals surface area contributed by atoms with Crippen molar-refractivity contribution in [1.82, 2.24) is 10.6 Å². The highest BCUT2D eigenvalue weighted by Crippen LogP contribution is 2.28. The normalized spacial score (nSPS) is 14.9. The summed E-state index contributed by atoms with van der Waals surface area (Å²) in [4.78, 5) is 13.9. The van der Waals surface area contributed by atoms with Crippen LogP contribution in [-0.2, 0) is 24.4 Å². The van der Waals surface area contributed by atoms with E-state index in [1.54, 1.807) is 0 Å². The molecule has 1 amide bonds. The molecule has 33 heavy (non-hydrogen) atoms. The molecule has 2 aromatic carbocycles. The lowest BCUT2D eigenvalue weighted by Gasteiger charge is -2.28. The van der Waals surface area contributed by atoms with E-state index in [0.29, 0.717) is 13.0 Å². The summed E-state index contributed by atoms with van der Waals surface area (Å²) < 4.78 is 5.99. The average Bonchev–Trinajstić information content (AvgIpc) is 2.83. The molecular weight excluding hydrogens is 414 g/mol. The van der Waals surface area contributed by atoms with E-state index in [0.717, 1.165) is 35.7 Å². The fourth-order valence-electron chi connectivity index (χ4n) is 3.35. The molecule has 1 heterocycles. The molecule has 0 saturated carbocycles. The molecule has 3 N–H and O–H groups in total. The summed E-state index contributed by atoms with van der Waals surface area (Å²) in [6, 6.07) is 14.1. The zero-order chi connectivity index (χ0) is 24.6. The molecule has 0 aromatic heterocycles. The van der Waals surface area contributed by atoms with Gasteiger partial charge in [0.1, 0.15) is 12.4 Å². The molecule has 3 rings (SSSR count). The Bertz CT molecular complexity index is 809. The van der Waals surface area contributed by atoms with Gasteiger partial charge in [-0.15, -0.1) is 0 Å². The number of ether oxygens (including phenoxy) is 1. The molecule has 0 radical (unpaired) electrons. The average molecular weight is 458 g/mol. The van der Waals surface area contributed by atoms with E-state index >= 15 is 0 Å². The van der Waals surface area contributed by atoms with Crippen molar-refractivity contribution in [1.29, 1.82) is 0 Å². The molecular formula is C27H43N3O3. The van der Waals surface area contributed by atoms with Gasteiger partial charge in [-0.1, -0.05) is 71.4 Å². The molecule has 0 fully saturated rings. The minimum atomic E-state index is -0.257. The maximum absolute atomic E-state index is 12.0. The number of carbonyl (C=O) groups excluding carboxylic acids is 1. The Labute approximate surface area is 200 Å². The molecule has 0 saturated heterocycles. The number of hydrogen-bond donors (Lipinski definition) is 3. The summed E-state index contributed by atoms with van der Waals surface area (Å²) in [5, 5.41) is 15.7. The number of aliphatic hydroxyl groups is 1. The molecule has 0 spiro atoms. The number of benzene rings is 2. The topological polar surface area (TPSA) is 73.8 Å². The van der Waals surface area contributed by atoms with Gasteiger partial charge in [0, 0.05) is 25.3 Å². The number of fused-ring (bicyclic) bond motifs is 1. The van der Waals surface area contributed by atoms with E-state index in [2.05, 4.69) is 55.7 Å². The predicted molar refractivity (Wildman–Crippen MR) is 138 cm³/mol. The number of carbonyl (C=O) groups is 1. The highest BCUT2D eigenvalue weighted by molar-refractivity contribution is 5.82. The zero-order valence-electron chi connectivity index (χ0n) is 21.3. The van der Waals surface area contributed by atoms with Gasteiger partial charge in [0.25, 0.3) is 0 Å². The van der Waals surface area contributed by atoms with Crippen LogP contribution in [0.15, 0.2) is 42.5 Å². The van der Waals surface area contributed by atoms with Gasteiger partial charge >= 0.3 is 0 Å². The van der Waals surface area contributed by atoms with E-state index in [-0.39, 0.29) is 25.1 Å². The van der Waals surface area contributed by atoms with Crippen molar-refractivity contribution in [2.24, 2.45) is 0 Å². The second-order valence-corrected chi connectivity index (χ2v) is 7.89. The first kappa shape index (κ1) is 28.5.